The Kier molecular flexibility index (Phi) is 4.70. The van der Waals surface area contributed by atoms with E-state index in [1.807, 2.05) is 0 Å². The molecule has 0 aromatic rings. The number of hydrogen-bond acceptors (Lipinski definition) is 3. The monoisotopic (exact) mass is 186 g/mol. The highest BCUT2D eigenvalue weighted by Gasteiger charge is 2.13. The lowest BCUT2D eigenvalue weighted by Gasteiger charge is -2.31. The SMILES string of the molecule is CC(C)CCCN1CCN(O)CC1. The zero-order valence-corrected chi connectivity index (χ0v) is 8.87. The predicted molar refractivity (Wildman–Crippen MR) is 53.9 cm³/mol. The van der Waals surface area contributed by atoms with Crippen LogP contribution in [0.3, 0.4) is 0 Å². The van der Waals surface area contributed by atoms with Crippen LogP contribution < -0.4 is 0 Å². The summed E-state index contributed by atoms with van der Waals surface area (Å²) in [5.41, 5.74) is 0. The van der Waals surface area contributed by atoms with E-state index >= 15 is 0 Å². The molecule has 1 fully saturated rings. The van der Waals surface area contributed by atoms with Crippen molar-refractivity contribution in [1.29, 1.82) is 0 Å². The summed E-state index contributed by atoms with van der Waals surface area (Å²) < 4.78 is 0. The molecule has 0 bridgehead atoms. The molecular weight excluding hydrogens is 164 g/mol. The quantitative estimate of drug-likeness (QED) is 0.719. The molecule has 0 unspecified atom stereocenters. The Morgan fingerprint density at radius 2 is 1.77 bits per heavy atom. The summed E-state index contributed by atoms with van der Waals surface area (Å²) in [4.78, 5) is 2.44. The lowest BCUT2D eigenvalue weighted by Crippen LogP contribution is -2.44. The second-order valence-electron chi connectivity index (χ2n) is 4.33. The molecule has 1 N–H and O–H groups in total. The normalized spacial score (nSPS) is 21.2. The first-order chi connectivity index (χ1) is 6.18. The van der Waals surface area contributed by atoms with Gasteiger partial charge in [0.2, 0.25) is 0 Å². The van der Waals surface area contributed by atoms with Crippen LogP contribution in [0.1, 0.15) is 26.7 Å². The van der Waals surface area contributed by atoms with Gasteiger partial charge in [-0.25, -0.2) is 0 Å². The summed E-state index contributed by atoms with van der Waals surface area (Å²) in [6, 6.07) is 0. The van der Waals surface area contributed by atoms with Gasteiger partial charge in [-0.3, -0.25) is 0 Å². The van der Waals surface area contributed by atoms with Crippen LogP contribution in [0.25, 0.3) is 0 Å². The van der Waals surface area contributed by atoms with E-state index in [-0.39, 0.29) is 0 Å². The van der Waals surface area contributed by atoms with Crippen LogP contribution >= 0.6 is 0 Å². The number of nitrogens with zero attached hydrogens (tertiary/aromatic N) is 2. The van der Waals surface area contributed by atoms with Crippen molar-refractivity contribution >= 4 is 0 Å². The molecule has 0 aromatic heterocycles. The minimum Gasteiger partial charge on any atom is -0.314 e. The number of hydroxylamine groups is 2. The number of piperazine rings is 1. The van der Waals surface area contributed by atoms with E-state index in [2.05, 4.69) is 18.7 Å². The molecule has 1 aliphatic heterocycles. The van der Waals surface area contributed by atoms with Crippen LogP contribution in [0.2, 0.25) is 0 Å². The molecule has 1 aliphatic rings. The fraction of sp³-hybridized carbons (Fsp3) is 1.00. The van der Waals surface area contributed by atoms with Crippen LogP contribution in [0.5, 0.6) is 0 Å². The van der Waals surface area contributed by atoms with Gasteiger partial charge in [0.25, 0.3) is 0 Å². The summed E-state index contributed by atoms with van der Waals surface area (Å²) in [6.45, 7) is 9.40. The van der Waals surface area contributed by atoms with Crippen LogP contribution in [-0.4, -0.2) is 47.9 Å². The Morgan fingerprint density at radius 1 is 1.15 bits per heavy atom. The zero-order chi connectivity index (χ0) is 9.68. The fourth-order valence-electron chi connectivity index (χ4n) is 1.68. The molecule has 3 nitrogen and oxygen atoms in total. The minimum absolute atomic E-state index is 0.807. The summed E-state index contributed by atoms with van der Waals surface area (Å²) in [6.07, 6.45) is 2.61. The molecule has 0 saturated carbocycles. The van der Waals surface area contributed by atoms with Gasteiger partial charge < -0.3 is 10.1 Å². The first-order valence-electron chi connectivity index (χ1n) is 5.34. The van der Waals surface area contributed by atoms with E-state index in [1.54, 1.807) is 0 Å². The van der Waals surface area contributed by atoms with E-state index < -0.39 is 0 Å². The molecule has 1 saturated heterocycles. The first kappa shape index (κ1) is 11.0. The average Bonchev–Trinajstić information content (AvgIpc) is 2.08. The summed E-state index contributed by atoms with van der Waals surface area (Å²) in [5, 5.41) is 10.6. The van der Waals surface area contributed by atoms with Crippen molar-refractivity contribution in [3.63, 3.8) is 0 Å². The summed E-state index contributed by atoms with van der Waals surface area (Å²) >= 11 is 0. The van der Waals surface area contributed by atoms with E-state index in [4.69, 9.17) is 5.21 Å². The Labute approximate surface area is 81.3 Å². The van der Waals surface area contributed by atoms with Crippen LogP contribution in [0, 0.1) is 5.92 Å². The van der Waals surface area contributed by atoms with Crippen molar-refractivity contribution in [3.05, 3.63) is 0 Å². The predicted octanol–water partition coefficient (Wildman–Crippen LogP) is 1.43. The van der Waals surface area contributed by atoms with Crippen molar-refractivity contribution in [2.45, 2.75) is 26.7 Å². The maximum atomic E-state index is 9.15. The van der Waals surface area contributed by atoms with Crippen molar-refractivity contribution < 1.29 is 5.21 Å². The minimum atomic E-state index is 0.807. The van der Waals surface area contributed by atoms with Gasteiger partial charge in [-0.05, 0) is 25.3 Å². The maximum Gasteiger partial charge on any atom is 0.0366 e. The van der Waals surface area contributed by atoms with Gasteiger partial charge in [-0.2, -0.15) is 5.06 Å². The van der Waals surface area contributed by atoms with Gasteiger partial charge in [-0.15, -0.1) is 0 Å². The Hall–Kier alpha value is -0.120. The van der Waals surface area contributed by atoms with Crippen LogP contribution in [0.4, 0.5) is 0 Å². The molecule has 0 spiro atoms. The second kappa shape index (κ2) is 5.58. The van der Waals surface area contributed by atoms with Gasteiger partial charge in [-0.1, -0.05) is 13.8 Å². The molecule has 0 aliphatic carbocycles. The van der Waals surface area contributed by atoms with Gasteiger partial charge in [0.15, 0.2) is 0 Å². The highest BCUT2D eigenvalue weighted by atomic mass is 16.5. The van der Waals surface area contributed by atoms with Gasteiger partial charge in [0.05, 0.1) is 0 Å². The first-order valence-corrected chi connectivity index (χ1v) is 5.34. The lowest BCUT2D eigenvalue weighted by molar-refractivity contribution is -0.117. The van der Waals surface area contributed by atoms with E-state index in [0.29, 0.717) is 0 Å². The summed E-state index contributed by atoms with van der Waals surface area (Å²) in [7, 11) is 0. The Bertz CT molecular complexity index is 131. The third kappa shape index (κ3) is 4.60. The highest BCUT2D eigenvalue weighted by Crippen LogP contribution is 2.06. The molecule has 78 valence electrons. The molecule has 0 atom stereocenters. The van der Waals surface area contributed by atoms with Gasteiger partial charge in [0.1, 0.15) is 0 Å². The number of hydrogen-bond donors (Lipinski definition) is 1. The van der Waals surface area contributed by atoms with Gasteiger partial charge >= 0.3 is 0 Å². The van der Waals surface area contributed by atoms with Crippen molar-refractivity contribution in [2.75, 3.05) is 32.7 Å². The van der Waals surface area contributed by atoms with E-state index in [0.717, 1.165) is 32.1 Å². The molecule has 13 heavy (non-hydrogen) atoms. The maximum absolute atomic E-state index is 9.15. The van der Waals surface area contributed by atoms with Crippen molar-refractivity contribution in [3.8, 4) is 0 Å². The molecule has 1 heterocycles. The number of rotatable bonds is 4. The molecule has 1 rings (SSSR count). The lowest BCUT2D eigenvalue weighted by atomic mass is 10.1. The standard InChI is InChI=1S/C10H22N2O/c1-10(2)4-3-5-11-6-8-12(13)9-7-11/h10,13H,3-9H2,1-2H3. The van der Waals surface area contributed by atoms with E-state index in [9.17, 15) is 0 Å². The molecule has 0 amide bonds. The van der Waals surface area contributed by atoms with Gasteiger partial charge in [0, 0.05) is 26.2 Å². The largest absolute Gasteiger partial charge is 0.314 e. The summed E-state index contributed by atoms with van der Waals surface area (Å²) in [5.74, 6) is 0.819. The molecule has 3 heteroatoms. The van der Waals surface area contributed by atoms with E-state index in [1.165, 1.54) is 24.4 Å². The van der Waals surface area contributed by atoms with Crippen LogP contribution in [0.15, 0.2) is 0 Å². The third-order valence-corrected chi connectivity index (χ3v) is 2.60. The fourth-order valence-corrected chi connectivity index (χ4v) is 1.68. The smallest absolute Gasteiger partial charge is 0.0366 e. The molecule has 0 radical (unpaired) electrons. The van der Waals surface area contributed by atoms with Crippen molar-refractivity contribution in [2.24, 2.45) is 5.92 Å². The van der Waals surface area contributed by atoms with Crippen molar-refractivity contribution in [1.82, 2.24) is 9.96 Å². The average molecular weight is 186 g/mol. The van der Waals surface area contributed by atoms with Crippen LogP contribution in [-0.2, 0) is 0 Å². The topological polar surface area (TPSA) is 26.7 Å². The highest BCUT2D eigenvalue weighted by molar-refractivity contribution is 4.66. The zero-order valence-electron chi connectivity index (χ0n) is 8.87. The Morgan fingerprint density at radius 3 is 2.31 bits per heavy atom. The molecular formula is C10H22N2O. The Balaban J connectivity index is 2.02. The second-order valence-corrected chi connectivity index (χ2v) is 4.33. The third-order valence-electron chi connectivity index (χ3n) is 2.60. The molecule has 0 aromatic carbocycles.